The van der Waals surface area contributed by atoms with E-state index in [-0.39, 0.29) is 17.2 Å². The maximum Gasteiger partial charge on any atom is 0.417 e. The molecule has 3 nitrogen and oxygen atoms in total. The van der Waals surface area contributed by atoms with Gasteiger partial charge in [-0.3, -0.25) is 0 Å². The first kappa shape index (κ1) is 23.5. The van der Waals surface area contributed by atoms with E-state index >= 15 is 0 Å². The Morgan fingerprint density at radius 2 is 1.77 bits per heavy atom. The zero-order valence-corrected chi connectivity index (χ0v) is 19.8. The van der Waals surface area contributed by atoms with Gasteiger partial charge in [0.15, 0.2) is 5.82 Å². The lowest BCUT2D eigenvalue weighted by Gasteiger charge is -2.30. The number of halogens is 4. The minimum Gasteiger partial charge on any atom is -0.339 e. The quantitative estimate of drug-likeness (QED) is 0.385. The molecule has 35 heavy (non-hydrogen) atoms. The number of aryl methyl sites for hydroxylation is 1. The molecule has 1 N–H and O–H groups in total. The number of hydrogen-bond acceptors (Lipinski definition) is 3. The fraction of sp³-hybridized carbons (Fsp3) is 0.357. The molecule has 0 radical (unpaired) electrons. The first-order valence-corrected chi connectivity index (χ1v) is 12.1. The van der Waals surface area contributed by atoms with E-state index in [0.717, 1.165) is 71.8 Å². The first-order chi connectivity index (χ1) is 16.8. The Morgan fingerprint density at radius 1 is 1.00 bits per heavy atom. The first-order valence-electron chi connectivity index (χ1n) is 12.1. The highest BCUT2D eigenvalue weighted by molar-refractivity contribution is 5.83. The average Bonchev–Trinajstić information content (AvgIpc) is 2.84. The van der Waals surface area contributed by atoms with E-state index in [4.69, 9.17) is 0 Å². The molecule has 0 saturated heterocycles. The standard InChI is InChI=1S/C28H27F4N3/c1-3-17-14-16(2)25(22-15-18(29)12-13-19(17)22)34-27-21-9-5-7-11-24(21)33-26(35-27)20-8-4-6-10-23(20)28(30,31)32/h4,6,8,10,12-13,15,17H,3,5,7,9,11,14H2,1-2H3,(H,33,34,35). The predicted octanol–water partition coefficient (Wildman–Crippen LogP) is 7.92. The fourth-order valence-corrected chi connectivity index (χ4v) is 5.31. The molecule has 3 aromatic rings. The maximum atomic E-state index is 14.3. The van der Waals surface area contributed by atoms with Gasteiger partial charge in [-0.1, -0.05) is 31.2 Å². The van der Waals surface area contributed by atoms with Crippen molar-refractivity contribution < 1.29 is 17.6 Å². The summed E-state index contributed by atoms with van der Waals surface area (Å²) in [6.45, 7) is 4.14. The van der Waals surface area contributed by atoms with Crippen LogP contribution in [-0.2, 0) is 19.0 Å². The summed E-state index contributed by atoms with van der Waals surface area (Å²) in [6, 6.07) is 10.3. The summed E-state index contributed by atoms with van der Waals surface area (Å²) in [5.41, 5.74) is 4.65. The second kappa shape index (κ2) is 9.10. The van der Waals surface area contributed by atoms with Crippen molar-refractivity contribution in [1.29, 1.82) is 0 Å². The number of benzene rings is 2. The van der Waals surface area contributed by atoms with Crippen LogP contribution in [0.1, 0.15) is 73.4 Å². The number of hydrogen-bond donors (Lipinski definition) is 1. The third kappa shape index (κ3) is 4.44. The minimum atomic E-state index is -4.52. The van der Waals surface area contributed by atoms with Gasteiger partial charge < -0.3 is 5.32 Å². The lowest BCUT2D eigenvalue weighted by molar-refractivity contribution is -0.137. The molecule has 1 atom stereocenters. The van der Waals surface area contributed by atoms with Crippen LogP contribution in [0, 0.1) is 5.82 Å². The Kier molecular flexibility index (Phi) is 6.11. The molecule has 0 saturated carbocycles. The highest BCUT2D eigenvalue weighted by atomic mass is 19.4. The van der Waals surface area contributed by atoms with Gasteiger partial charge in [0.05, 0.1) is 5.56 Å². The predicted molar refractivity (Wildman–Crippen MR) is 129 cm³/mol. The normalized spacial score (nSPS) is 17.7. The smallest absolute Gasteiger partial charge is 0.339 e. The van der Waals surface area contributed by atoms with Crippen LogP contribution < -0.4 is 5.32 Å². The van der Waals surface area contributed by atoms with Crippen LogP contribution in [0.5, 0.6) is 0 Å². The highest BCUT2D eigenvalue weighted by Crippen LogP contribution is 2.42. The molecule has 182 valence electrons. The van der Waals surface area contributed by atoms with Crippen LogP contribution >= 0.6 is 0 Å². The van der Waals surface area contributed by atoms with Crippen LogP contribution in [-0.4, -0.2) is 9.97 Å². The zero-order chi connectivity index (χ0) is 24.7. The lowest BCUT2D eigenvalue weighted by Crippen LogP contribution is -2.18. The van der Waals surface area contributed by atoms with Crippen LogP contribution in [0.4, 0.5) is 23.4 Å². The van der Waals surface area contributed by atoms with E-state index in [9.17, 15) is 17.6 Å². The summed E-state index contributed by atoms with van der Waals surface area (Å²) in [7, 11) is 0. The topological polar surface area (TPSA) is 37.8 Å². The fourth-order valence-electron chi connectivity index (χ4n) is 5.31. The van der Waals surface area contributed by atoms with Gasteiger partial charge in [0, 0.05) is 28.1 Å². The number of alkyl halides is 3. The average molecular weight is 482 g/mol. The van der Waals surface area contributed by atoms with Crippen molar-refractivity contribution in [3.8, 4) is 11.4 Å². The van der Waals surface area contributed by atoms with Crippen molar-refractivity contribution in [2.75, 3.05) is 5.32 Å². The Morgan fingerprint density at radius 3 is 2.54 bits per heavy atom. The molecule has 1 heterocycles. The number of aromatic nitrogens is 2. The van der Waals surface area contributed by atoms with Crippen molar-refractivity contribution in [3.63, 3.8) is 0 Å². The molecule has 0 spiro atoms. The highest BCUT2D eigenvalue weighted by Gasteiger charge is 2.35. The molecular formula is C28H27F4N3. The third-order valence-electron chi connectivity index (χ3n) is 7.10. The Hall–Kier alpha value is -3.22. The van der Waals surface area contributed by atoms with Gasteiger partial charge in [-0.25, -0.2) is 14.4 Å². The Labute approximate surface area is 202 Å². The molecule has 2 aliphatic rings. The molecular weight excluding hydrogens is 454 g/mol. The summed E-state index contributed by atoms with van der Waals surface area (Å²) in [4.78, 5) is 9.23. The number of allylic oxidation sites excluding steroid dienone is 1. The summed E-state index contributed by atoms with van der Waals surface area (Å²) in [5.74, 6) is 0.545. The van der Waals surface area contributed by atoms with Crippen molar-refractivity contribution in [2.45, 2.75) is 64.5 Å². The van der Waals surface area contributed by atoms with Crippen molar-refractivity contribution in [1.82, 2.24) is 9.97 Å². The summed E-state index contributed by atoms with van der Waals surface area (Å²) in [6.07, 6.45) is 0.576. The summed E-state index contributed by atoms with van der Waals surface area (Å²) >= 11 is 0. The Balaban J connectivity index is 1.65. The monoisotopic (exact) mass is 481 g/mol. The van der Waals surface area contributed by atoms with Crippen LogP contribution in [0.2, 0.25) is 0 Å². The van der Waals surface area contributed by atoms with Crippen LogP contribution in [0.3, 0.4) is 0 Å². The molecule has 0 fully saturated rings. The molecule has 1 aromatic heterocycles. The SMILES string of the molecule is CCC1CC(C)=C(Nc2nc(-c3ccccc3C(F)(F)F)nc3c2CCCC3)c2cc(F)ccc21. The van der Waals surface area contributed by atoms with E-state index in [1.54, 1.807) is 6.07 Å². The Bertz CT molecular complexity index is 1310. The number of anilines is 1. The molecule has 1 unspecified atom stereocenters. The van der Waals surface area contributed by atoms with Crippen molar-refractivity contribution in [2.24, 2.45) is 0 Å². The van der Waals surface area contributed by atoms with Gasteiger partial charge in [-0.2, -0.15) is 13.2 Å². The number of fused-ring (bicyclic) bond motifs is 2. The molecule has 2 aromatic carbocycles. The van der Waals surface area contributed by atoms with Crippen LogP contribution in [0.25, 0.3) is 17.1 Å². The van der Waals surface area contributed by atoms with Gasteiger partial charge >= 0.3 is 6.18 Å². The van der Waals surface area contributed by atoms with E-state index in [2.05, 4.69) is 22.2 Å². The van der Waals surface area contributed by atoms with E-state index in [1.807, 2.05) is 13.0 Å². The zero-order valence-electron chi connectivity index (χ0n) is 19.8. The molecule has 0 bridgehead atoms. The maximum absolute atomic E-state index is 14.3. The number of nitrogens with one attached hydrogen (secondary N) is 1. The molecule has 5 rings (SSSR count). The lowest BCUT2D eigenvalue weighted by atomic mass is 9.80. The number of nitrogens with zero attached hydrogens (tertiary/aromatic N) is 2. The molecule has 2 aliphatic carbocycles. The molecule has 0 aliphatic heterocycles. The minimum absolute atomic E-state index is 0.0386. The second-order valence-electron chi connectivity index (χ2n) is 9.39. The van der Waals surface area contributed by atoms with Crippen molar-refractivity contribution >= 4 is 11.5 Å². The molecule has 7 heteroatoms. The van der Waals surface area contributed by atoms with Gasteiger partial charge in [-0.05, 0) is 80.7 Å². The van der Waals surface area contributed by atoms with E-state index in [1.165, 1.54) is 24.3 Å². The number of rotatable bonds is 4. The van der Waals surface area contributed by atoms with E-state index in [0.29, 0.717) is 18.2 Å². The third-order valence-corrected chi connectivity index (χ3v) is 7.10. The summed E-state index contributed by atoms with van der Waals surface area (Å²) < 4.78 is 55.6. The van der Waals surface area contributed by atoms with Gasteiger partial charge in [0.25, 0.3) is 0 Å². The van der Waals surface area contributed by atoms with Crippen LogP contribution in [0.15, 0.2) is 48.0 Å². The second-order valence-corrected chi connectivity index (χ2v) is 9.39. The molecule has 0 amide bonds. The van der Waals surface area contributed by atoms with Crippen molar-refractivity contribution in [3.05, 3.63) is 81.8 Å². The van der Waals surface area contributed by atoms with Gasteiger partial charge in [0.2, 0.25) is 0 Å². The van der Waals surface area contributed by atoms with Gasteiger partial charge in [0.1, 0.15) is 11.6 Å². The largest absolute Gasteiger partial charge is 0.417 e. The van der Waals surface area contributed by atoms with Gasteiger partial charge in [-0.15, -0.1) is 0 Å². The summed E-state index contributed by atoms with van der Waals surface area (Å²) in [5, 5.41) is 3.44. The van der Waals surface area contributed by atoms with E-state index < -0.39 is 11.7 Å².